The molecule has 7 heteroatoms. The molecule has 0 unspecified atom stereocenters. The summed E-state index contributed by atoms with van der Waals surface area (Å²) >= 11 is 0. The van der Waals surface area contributed by atoms with Crippen molar-refractivity contribution in [2.75, 3.05) is 0 Å². The molecule has 2 aromatic heterocycles. The van der Waals surface area contributed by atoms with E-state index < -0.39 is 23.3 Å². The minimum absolute atomic E-state index is 0.0531. The van der Waals surface area contributed by atoms with Crippen LogP contribution in [0.15, 0.2) is 42.7 Å². The minimum atomic E-state index is -1.11. The lowest BCUT2D eigenvalue weighted by molar-refractivity contribution is -0.114. The molecule has 0 spiro atoms. The molecule has 116 valence electrons. The third-order valence-corrected chi connectivity index (χ3v) is 3.49. The van der Waals surface area contributed by atoms with Gasteiger partial charge in [-0.15, -0.1) is 0 Å². The molecule has 2 N–H and O–H groups in total. The fraction of sp³-hybridized carbons (Fsp3) is 0.0625. The highest BCUT2D eigenvalue weighted by molar-refractivity contribution is 6.44. The van der Waals surface area contributed by atoms with Gasteiger partial charge >= 0.3 is 0 Å². The molecule has 0 saturated heterocycles. The van der Waals surface area contributed by atoms with Crippen LogP contribution in [0.5, 0.6) is 0 Å². The van der Waals surface area contributed by atoms with Crippen LogP contribution in [0.1, 0.15) is 15.9 Å². The lowest BCUT2D eigenvalue weighted by Crippen LogP contribution is -2.22. The van der Waals surface area contributed by atoms with Crippen LogP contribution in [0.2, 0.25) is 0 Å². The third-order valence-electron chi connectivity index (χ3n) is 3.49. The van der Waals surface area contributed by atoms with Crippen molar-refractivity contribution in [3.63, 3.8) is 0 Å². The molecule has 0 fully saturated rings. The molecule has 0 atom stereocenters. The van der Waals surface area contributed by atoms with Crippen LogP contribution < -0.4 is 5.73 Å². The predicted octanol–water partition coefficient (Wildman–Crippen LogP) is 2.03. The van der Waals surface area contributed by atoms with Crippen molar-refractivity contribution in [2.24, 2.45) is 5.73 Å². The molecule has 2 heterocycles. The summed E-state index contributed by atoms with van der Waals surface area (Å²) in [6, 6.07) is 6.74. The smallest absolute Gasteiger partial charge is 0.289 e. The number of hydrogen-bond acceptors (Lipinski definition) is 3. The number of aromatic nitrogens is 2. The van der Waals surface area contributed by atoms with E-state index in [0.29, 0.717) is 11.0 Å². The average Bonchev–Trinajstić information content (AvgIpc) is 2.89. The number of ketones is 1. The van der Waals surface area contributed by atoms with Gasteiger partial charge in [0.2, 0.25) is 0 Å². The summed E-state index contributed by atoms with van der Waals surface area (Å²) in [5.74, 6) is -3.39. The highest BCUT2D eigenvalue weighted by atomic mass is 19.1. The summed E-state index contributed by atoms with van der Waals surface area (Å²) in [6.45, 7) is -0.169. The van der Waals surface area contributed by atoms with E-state index in [1.165, 1.54) is 23.0 Å². The highest BCUT2D eigenvalue weighted by Crippen LogP contribution is 2.22. The number of benzene rings is 1. The second-order valence-corrected chi connectivity index (χ2v) is 4.94. The van der Waals surface area contributed by atoms with Gasteiger partial charge in [-0.2, -0.15) is 0 Å². The number of hydrogen-bond donors (Lipinski definition) is 1. The van der Waals surface area contributed by atoms with Gasteiger partial charge in [0.1, 0.15) is 17.3 Å². The molecular formula is C16H11F2N3O2. The van der Waals surface area contributed by atoms with E-state index in [9.17, 15) is 18.4 Å². The number of carbonyl (C=O) groups is 2. The molecule has 0 bridgehead atoms. The fourth-order valence-electron chi connectivity index (χ4n) is 2.41. The normalized spacial score (nSPS) is 10.9. The minimum Gasteiger partial charge on any atom is -0.363 e. The van der Waals surface area contributed by atoms with Crippen LogP contribution in [0.4, 0.5) is 8.78 Å². The number of amides is 1. The van der Waals surface area contributed by atoms with E-state index in [0.717, 1.165) is 12.1 Å². The number of primary amides is 1. The summed E-state index contributed by atoms with van der Waals surface area (Å²) < 4.78 is 29.0. The number of fused-ring (bicyclic) bond motifs is 1. The number of nitrogens with zero attached hydrogens (tertiary/aromatic N) is 2. The van der Waals surface area contributed by atoms with Gasteiger partial charge < -0.3 is 10.3 Å². The first kappa shape index (κ1) is 14.8. The topological polar surface area (TPSA) is 78.0 Å². The molecule has 23 heavy (non-hydrogen) atoms. The predicted molar refractivity (Wildman–Crippen MR) is 78.7 cm³/mol. The number of halogens is 2. The summed E-state index contributed by atoms with van der Waals surface area (Å²) in [4.78, 5) is 27.1. The SMILES string of the molecule is NC(=O)C(=O)c1cn(Cc2c(F)cccc2F)c2ncccc12. The maximum Gasteiger partial charge on any atom is 0.289 e. The van der Waals surface area contributed by atoms with E-state index in [-0.39, 0.29) is 17.7 Å². The van der Waals surface area contributed by atoms with Crippen LogP contribution in [0, 0.1) is 11.6 Å². The summed E-state index contributed by atoms with van der Waals surface area (Å²) in [6.07, 6.45) is 2.81. The zero-order valence-electron chi connectivity index (χ0n) is 11.8. The first-order valence-corrected chi connectivity index (χ1v) is 6.70. The Morgan fingerprint density at radius 3 is 2.48 bits per heavy atom. The van der Waals surface area contributed by atoms with Gasteiger partial charge in [-0.25, -0.2) is 13.8 Å². The molecule has 3 aromatic rings. The van der Waals surface area contributed by atoms with Crippen molar-refractivity contribution >= 4 is 22.7 Å². The number of rotatable bonds is 4. The number of Topliss-reactive ketones (excluding diaryl/α,β-unsaturated/α-hetero) is 1. The van der Waals surface area contributed by atoms with Crippen LogP contribution in [-0.4, -0.2) is 21.2 Å². The van der Waals surface area contributed by atoms with Crippen molar-refractivity contribution in [1.29, 1.82) is 0 Å². The van der Waals surface area contributed by atoms with Crippen LogP contribution in [0.25, 0.3) is 11.0 Å². The fourth-order valence-corrected chi connectivity index (χ4v) is 2.41. The summed E-state index contributed by atoms with van der Waals surface area (Å²) in [5, 5.41) is 0.396. The van der Waals surface area contributed by atoms with Gasteiger partial charge in [0.05, 0.1) is 12.1 Å². The Labute approximate surface area is 129 Å². The quantitative estimate of drug-likeness (QED) is 0.591. The van der Waals surface area contributed by atoms with E-state index >= 15 is 0 Å². The zero-order valence-corrected chi connectivity index (χ0v) is 11.8. The van der Waals surface area contributed by atoms with E-state index in [1.807, 2.05) is 0 Å². The lowest BCUT2D eigenvalue weighted by atomic mass is 10.1. The van der Waals surface area contributed by atoms with Crippen molar-refractivity contribution in [2.45, 2.75) is 6.54 Å². The Morgan fingerprint density at radius 1 is 1.13 bits per heavy atom. The Bertz CT molecular complexity index is 914. The first-order chi connectivity index (χ1) is 11.0. The third kappa shape index (κ3) is 2.57. The van der Waals surface area contributed by atoms with Gasteiger partial charge in [-0.05, 0) is 24.3 Å². The molecular weight excluding hydrogens is 304 g/mol. The van der Waals surface area contributed by atoms with Gasteiger partial charge in [-0.1, -0.05) is 6.07 Å². The standard InChI is InChI=1S/C16H11F2N3O2/c17-12-4-1-5-13(18)11(12)8-21-7-10(14(22)15(19)23)9-3-2-6-20-16(9)21/h1-7H,8H2,(H2,19,23). The summed E-state index contributed by atoms with van der Waals surface area (Å²) in [7, 11) is 0. The molecule has 0 saturated carbocycles. The Kier molecular flexibility index (Phi) is 3.61. The van der Waals surface area contributed by atoms with E-state index in [2.05, 4.69) is 4.98 Å². The molecule has 3 rings (SSSR count). The molecule has 1 aromatic carbocycles. The molecule has 0 aliphatic heterocycles. The number of carbonyl (C=O) groups excluding carboxylic acids is 2. The van der Waals surface area contributed by atoms with Crippen LogP contribution in [0.3, 0.4) is 0 Å². The Hall–Kier alpha value is -3.09. The second kappa shape index (κ2) is 5.60. The van der Waals surface area contributed by atoms with Gasteiger partial charge in [0.15, 0.2) is 0 Å². The average molecular weight is 315 g/mol. The van der Waals surface area contributed by atoms with Crippen LogP contribution in [-0.2, 0) is 11.3 Å². The number of pyridine rings is 1. The highest BCUT2D eigenvalue weighted by Gasteiger charge is 2.20. The Morgan fingerprint density at radius 2 is 1.83 bits per heavy atom. The van der Waals surface area contributed by atoms with Crippen LogP contribution >= 0.6 is 0 Å². The molecule has 0 aliphatic carbocycles. The lowest BCUT2D eigenvalue weighted by Gasteiger charge is -2.07. The largest absolute Gasteiger partial charge is 0.363 e. The maximum absolute atomic E-state index is 13.8. The molecule has 0 aliphatic rings. The van der Waals surface area contributed by atoms with Crippen molar-refractivity contribution < 1.29 is 18.4 Å². The zero-order chi connectivity index (χ0) is 16.6. The van der Waals surface area contributed by atoms with E-state index in [1.54, 1.807) is 12.1 Å². The molecule has 0 radical (unpaired) electrons. The second-order valence-electron chi connectivity index (χ2n) is 4.94. The summed E-state index contributed by atoms with van der Waals surface area (Å²) in [5.41, 5.74) is 5.26. The first-order valence-electron chi connectivity index (χ1n) is 6.70. The van der Waals surface area contributed by atoms with Gasteiger partial charge in [-0.3, -0.25) is 9.59 Å². The molecule has 1 amide bonds. The van der Waals surface area contributed by atoms with Gasteiger partial charge in [0, 0.05) is 23.3 Å². The monoisotopic (exact) mass is 315 g/mol. The molecule has 5 nitrogen and oxygen atoms in total. The Balaban J connectivity index is 2.15. The van der Waals surface area contributed by atoms with Crippen molar-refractivity contribution in [3.8, 4) is 0 Å². The number of nitrogens with two attached hydrogens (primary N) is 1. The van der Waals surface area contributed by atoms with Crippen molar-refractivity contribution in [3.05, 3.63) is 65.5 Å². The van der Waals surface area contributed by atoms with Gasteiger partial charge in [0.25, 0.3) is 11.7 Å². The van der Waals surface area contributed by atoms with E-state index in [4.69, 9.17) is 5.73 Å². The van der Waals surface area contributed by atoms with Crippen molar-refractivity contribution in [1.82, 2.24) is 9.55 Å². The maximum atomic E-state index is 13.8.